The molecule has 3 nitrogen and oxygen atoms in total. The fraction of sp³-hybridized carbons (Fsp3) is 0. The maximum Gasteiger partial charge on any atom is 0.248 e. The van der Waals surface area contributed by atoms with Gasteiger partial charge in [0.05, 0.1) is 5.69 Å². The van der Waals surface area contributed by atoms with Gasteiger partial charge in [-0.1, -0.05) is 23.7 Å². The monoisotopic (exact) mass is 276 g/mol. The van der Waals surface area contributed by atoms with Gasteiger partial charge in [-0.05, 0) is 35.9 Å². The van der Waals surface area contributed by atoms with E-state index >= 15 is 0 Å². The number of pyridine rings is 1. The van der Waals surface area contributed by atoms with Crippen LogP contribution in [0.2, 0.25) is 5.15 Å². The third-order valence-corrected chi connectivity index (χ3v) is 2.62. The minimum absolute atomic E-state index is 0.228. The van der Waals surface area contributed by atoms with E-state index in [9.17, 15) is 9.18 Å². The first-order valence-electron chi connectivity index (χ1n) is 5.50. The van der Waals surface area contributed by atoms with E-state index in [-0.39, 0.29) is 16.9 Å². The molecule has 0 unspecified atom stereocenters. The van der Waals surface area contributed by atoms with E-state index in [2.05, 4.69) is 10.3 Å². The summed E-state index contributed by atoms with van der Waals surface area (Å²) in [6, 6.07) is 9.14. The molecular formula is C14H10ClFN2O. The Balaban J connectivity index is 2.02. The molecule has 0 spiro atoms. The second-order valence-corrected chi connectivity index (χ2v) is 4.07. The van der Waals surface area contributed by atoms with Crippen molar-refractivity contribution in [2.75, 3.05) is 5.32 Å². The molecule has 0 saturated carbocycles. The van der Waals surface area contributed by atoms with Gasteiger partial charge in [0.2, 0.25) is 5.91 Å². The van der Waals surface area contributed by atoms with Crippen molar-refractivity contribution >= 4 is 29.3 Å². The van der Waals surface area contributed by atoms with Crippen molar-refractivity contribution < 1.29 is 9.18 Å². The molecule has 2 rings (SSSR count). The first-order valence-corrected chi connectivity index (χ1v) is 5.88. The lowest BCUT2D eigenvalue weighted by atomic mass is 10.2. The molecule has 1 N–H and O–H groups in total. The Bertz CT molecular complexity index is 611. The molecule has 0 radical (unpaired) electrons. The zero-order chi connectivity index (χ0) is 13.7. The van der Waals surface area contributed by atoms with E-state index in [0.717, 1.165) is 5.56 Å². The van der Waals surface area contributed by atoms with Crippen LogP contribution in [0.15, 0.2) is 48.7 Å². The van der Waals surface area contributed by atoms with Crippen molar-refractivity contribution in [2.45, 2.75) is 0 Å². The fourth-order valence-corrected chi connectivity index (χ4v) is 1.57. The summed E-state index contributed by atoms with van der Waals surface area (Å²) in [5.41, 5.74) is 1.17. The molecule has 1 heterocycles. The third-order valence-electron chi connectivity index (χ3n) is 2.31. The maximum absolute atomic E-state index is 12.7. The molecule has 1 aromatic carbocycles. The number of anilines is 1. The van der Waals surface area contributed by atoms with Gasteiger partial charge in [-0.15, -0.1) is 0 Å². The number of aromatic nitrogens is 1. The van der Waals surface area contributed by atoms with Crippen LogP contribution >= 0.6 is 11.6 Å². The van der Waals surface area contributed by atoms with Gasteiger partial charge in [-0.3, -0.25) is 4.79 Å². The number of amides is 1. The lowest BCUT2D eigenvalue weighted by Gasteiger charge is -2.02. The Morgan fingerprint density at radius 1 is 1.26 bits per heavy atom. The number of nitrogens with one attached hydrogen (secondary N) is 1. The number of rotatable bonds is 3. The van der Waals surface area contributed by atoms with Gasteiger partial charge >= 0.3 is 0 Å². The Morgan fingerprint density at radius 2 is 2.00 bits per heavy atom. The van der Waals surface area contributed by atoms with Gasteiger partial charge in [-0.2, -0.15) is 0 Å². The standard InChI is InChI=1S/C14H10ClFN2O/c15-14-12(2-1-9-17-14)18-13(19)8-5-10-3-6-11(16)7-4-10/h1-9H,(H,18,19). The highest BCUT2D eigenvalue weighted by atomic mass is 35.5. The van der Waals surface area contributed by atoms with Crippen LogP contribution in [0.3, 0.4) is 0 Å². The maximum atomic E-state index is 12.7. The van der Waals surface area contributed by atoms with Crippen molar-refractivity contribution in [3.8, 4) is 0 Å². The molecule has 0 atom stereocenters. The molecule has 1 aromatic heterocycles. The molecule has 0 saturated heterocycles. The van der Waals surface area contributed by atoms with E-state index in [1.165, 1.54) is 24.4 Å². The topological polar surface area (TPSA) is 42.0 Å². The Hall–Kier alpha value is -2.20. The van der Waals surface area contributed by atoms with Crippen molar-refractivity contribution in [1.29, 1.82) is 0 Å². The lowest BCUT2D eigenvalue weighted by molar-refractivity contribution is -0.111. The molecule has 1 amide bonds. The zero-order valence-corrected chi connectivity index (χ0v) is 10.6. The third kappa shape index (κ3) is 3.89. The van der Waals surface area contributed by atoms with Crippen LogP contribution in [0, 0.1) is 5.82 Å². The summed E-state index contributed by atoms with van der Waals surface area (Å²) < 4.78 is 12.7. The van der Waals surface area contributed by atoms with Gasteiger partial charge in [0, 0.05) is 12.3 Å². The second kappa shape index (κ2) is 6.11. The Kier molecular flexibility index (Phi) is 4.26. The molecule has 0 bridgehead atoms. The number of nitrogens with zero attached hydrogens (tertiary/aromatic N) is 1. The average molecular weight is 277 g/mol. The molecular weight excluding hydrogens is 267 g/mol. The van der Waals surface area contributed by atoms with Crippen LogP contribution in [0.5, 0.6) is 0 Å². The molecule has 5 heteroatoms. The van der Waals surface area contributed by atoms with E-state index < -0.39 is 0 Å². The molecule has 19 heavy (non-hydrogen) atoms. The first-order chi connectivity index (χ1) is 9.15. The molecule has 2 aromatic rings. The number of halogens is 2. The predicted octanol–water partition coefficient (Wildman–Crippen LogP) is 3.53. The number of benzene rings is 1. The minimum Gasteiger partial charge on any atom is -0.320 e. The highest BCUT2D eigenvalue weighted by molar-refractivity contribution is 6.32. The predicted molar refractivity (Wildman–Crippen MR) is 73.3 cm³/mol. The highest BCUT2D eigenvalue weighted by Gasteiger charge is 2.02. The van der Waals surface area contributed by atoms with Gasteiger partial charge in [-0.25, -0.2) is 9.37 Å². The van der Waals surface area contributed by atoms with Crippen LogP contribution in [0.4, 0.5) is 10.1 Å². The van der Waals surface area contributed by atoms with Gasteiger partial charge < -0.3 is 5.32 Å². The largest absolute Gasteiger partial charge is 0.320 e. The van der Waals surface area contributed by atoms with E-state index in [4.69, 9.17) is 11.6 Å². The van der Waals surface area contributed by atoms with Crippen LogP contribution in [-0.4, -0.2) is 10.9 Å². The zero-order valence-electron chi connectivity index (χ0n) is 9.81. The fourth-order valence-electron chi connectivity index (χ4n) is 1.40. The van der Waals surface area contributed by atoms with Crippen LogP contribution in [0.1, 0.15) is 5.56 Å². The van der Waals surface area contributed by atoms with Crippen molar-refractivity contribution in [3.05, 3.63) is 65.2 Å². The second-order valence-electron chi connectivity index (χ2n) is 3.72. The molecule has 0 fully saturated rings. The summed E-state index contributed by atoms with van der Waals surface area (Å²) in [5.74, 6) is -0.650. The van der Waals surface area contributed by atoms with Crippen LogP contribution in [0.25, 0.3) is 6.08 Å². The van der Waals surface area contributed by atoms with Crippen molar-refractivity contribution in [1.82, 2.24) is 4.98 Å². The van der Waals surface area contributed by atoms with E-state index in [1.54, 1.807) is 30.3 Å². The smallest absolute Gasteiger partial charge is 0.248 e. The van der Waals surface area contributed by atoms with Crippen LogP contribution < -0.4 is 5.32 Å². The molecule has 96 valence electrons. The number of hydrogen-bond donors (Lipinski definition) is 1. The van der Waals surface area contributed by atoms with Gasteiger partial charge in [0.25, 0.3) is 0 Å². The van der Waals surface area contributed by atoms with Gasteiger partial charge in [0.1, 0.15) is 5.82 Å². The average Bonchev–Trinajstić information content (AvgIpc) is 2.41. The summed E-state index contributed by atoms with van der Waals surface area (Å²) >= 11 is 5.81. The summed E-state index contributed by atoms with van der Waals surface area (Å²) in [6.07, 6.45) is 4.46. The lowest BCUT2D eigenvalue weighted by Crippen LogP contribution is -2.08. The summed E-state index contributed by atoms with van der Waals surface area (Å²) in [5, 5.41) is 2.83. The molecule has 0 aliphatic carbocycles. The Morgan fingerprint density at radius 3 is 2.68 bits per heavy atom. The van der Waals surface area contributed by atoms with Crippen molar-refractivity contribution in [2.24, 2.45) is 0 Å². The molecule has 0 aliphatic rings. The first kappa shape index (κ1) is 13.2. The summed E-state index contributed by atoms with van der Waals surface area (Å²) in [4.78, 5) is 15.5. The van der Waals surface area contributed by atoms with E-state index in [0.29, 0.717) is 5.69 Å². The van der Waals surface area contributed by atoms with Gasteiger partial charge in [0.15, 0.2) is 5.15 Å². The number of carbonyl (C=O) groups is 1. The Labute approximate surface area is 114 Å². The number of hydrogen-bond acceptors (Lipinski definition) is 2. The summed E-state index contributed by atoms with van der Waals surface area (Å²) in [6.45, 7) is 0. The minimum atomic E-state index is -0.334. The van der Waals surface area contributed by atoms with Crippen molar-refractivity contribution in [3.63, 3.8) is 0 Å². The molecule has 0 aliphatic heterocycles. The van der Waals surface area contributed by atoms with Crippen LogP contribution in [-0.2, 0) is 4.79 Å². The SMILES string of the molecule is O=C(C=Cc1ccc(F)cc1)Nc1cccnc1Cl. The normalized spacial score (nSPS) is 10.6. The summed E-state index contributed by atoms with van der Waals surface area (Å²) in [7, 11) is 0. The quantitative estimate of drug-likeness (QED) is 0.688. The number of carbonyl (C=O) groups excluding carboxylic acids is 1. The van der Waals surface area contributed by atoms with E-state index in [1.807, 2.05) is 0 Å². The highest BCUT2D eigenvalue weighted by Crippen LogP contribution is 2.17.